The Bertz CT molecular complexity index is 1180. The molecule has 0 aromatic heterocycles. The molecule has 0 aliphatic carbocycles. The fourth-order valence-electron chi connectivity index (χ4n) is 4.00. The van der Waals surface area contributed by atoms with E-state index < -0.39 is 16.1 Å². The first-order chi connectivity index (χ1) is 18.0. The van der Waals surface area contributed by atoms with E-state index in [0.29, 0.717) is 41.1 Å². The lowest BCUT2D eigenvalue weighted by Crippen LogP contribution is -2.49. The lowest BCUT2D eigenvalue weighted by atomic mass is 10.1. The number of anilines is 1. The van der Waals surface area contributed by atoms with Crippen LogP contribution in [-0.2, 0) is 26.2 Å². The van der Waals surface area contributed by atoms with E-state index in [-0.39, 0.29) is 37.7 Å². The van der Waals surface area contributed by atoms with Crippen molar-refractivity contribution in [3.63, 3.8) is 0 Å². The number of nitrogens with zero attached hydrogens (tertiary/aromatic N) is 2. The first-order valence-electron chi connectivity index (χ1n) is 12.7. The van der Waals surface area contributed by atoms with Gasteiger partial charge in [-0.05, 0) is 68.1 Å². The van der Waals surface area contributed by atoms with Crippen molar-refractivity contribution in [2.24, 2.45) is 0 Å². The van der Waals surface area contributed by atoms with Crippen molar-refractivity contribution in [2.45, 2.75) is 59.0 Å². The predicted octanol–water partition coefficient (Wildman–Crippen LogP) is 5.27. The second-order valence-corrected chi connectivity index (χ2v) is 11.6. The van der Waals surface area contributed by atoms with Crippen molar-refractivity contribution in [2.75, 3.05) is 30.3 Å². The van der Waals surface area contributed by atoms with Gasteiger partial charge in [-0.1, -0.05) is 43.1 Å². The molecule has 210 valence electrons. The molecule has 2 aromatic carbocycles. The highest BCUT2D eigenvalue weighted by Gasteiger charge is 2.29. The van der Waals surface area contributed by atoms with Gasteiger partial charge in [-0.15, -0.1) is 0 Å². The van der Waals surface area contributed by atoms with Gasteiger partial charge in [-0.3, -0.25) is 13.9 Å². The molecule has 38 heavy (non-hydrogen) atoms. The average molecular weight is 587 g/mol. The van der Waals surface area contributed by atoms with Gasteiger partial charge < -0.3 is 15.0 Å². The third kappa shape index (κ3) is 9.36. The molecule has 1 unspecified atom stereocenters. The van der Waals surface area contributed by atoms with Crippen molar-refractivity contribution in [1.82, 2.24) is 10.2 Å². The maximum Gasteiger partial charge on any atom is 0.242 e. The van der Waals surface area contributed by atoms with Crippen LogP contribution in [-0.4, -0.2) is 57.1 Å². The van der Waals surface area contributed by atoms with Gasteiger partial charge in [0.05, 0.1) is 28.6 Å². The highest BCUT2D eigenvalue weighted by atomic mass is 35.5. The lowest BCUT2D eigenvalue weighted by molar-refractivity contribution is -0.141. The number of hydrogen-bond donors (Lipinski definition) is 1. The molecule has 2 rings (SSSR count). The second kappa shape index (κ2) is 15.2. The largest absolute Gasteiger partial charge is 0.494 e. The van der Waals surface area contributed by atoms with E-state index >= 15 is 0 Å². The van der Waals surface area contributed by atoms with E-state index in [9.17, 15) is 18.0 Å². The van der Waals surface area contributed by atoms with E-state index in [1.807, 2.05) is 20.8 Å². The van der Waals surface area contributed by atoms with Gasteiger partial charge in [0.25, 0.3) is 0 Å². The van der Waals surface area contributed by atoms with Gasteiger partial charge in [0.2, 0.25) is 21.8 Å². The van der Waals surface area contributed by atoms with Crippen LogP contribution in [0.5, 0.6) is 5.75 Å². The van der Waals surface area contributed by atoms with Gasteiger partial charge in [-0.2, -0.15) is 0 Å². The number of ether oxygens (including phenoxy) is 1. The topological polar surface area (TPSA) is 96.0 Å². The molecule has 8 nitrogen and oxygen atoms in total. The van der Waals surface area contributed by atoms with E-state index in [0.717, 1.165) is 18.2 Å². The maximum absolute atomic E-state index is 13.5. The summed E-state index contributed by atoms with van der Waals surface area (Å²) in [5.41, 5.74) is 1.23. The number of halogens is 2. The van der Waals surface area contributed by atoms with E-state index in [2.05, 4.69) is 5.32 Å². The van der Waals surface area contributed by atoms with E-state index in [1.165, 1.54) is 9.21 Å². The summed E-state index contributed by atoms with van der Waals surface area (Å²) in [4.78, 5) is 27.9. The van der Waals surface area contributed by atoms with Gasteiger partial charge in [0, 0.05) is 26.1 Å². The predicted molar refractivity (Wildman–Crippen MR) is 153 cm³/mol. The molecule has 0 spiro atoms. The van der Waals surface area contributed by atoms with Crippen LogP contribution in [0.4, 0.5) is 5.69 Å². The number of amides is 2. The fourth-order valence-corrected chi connectivity index (χ4v) is 5.29. The summed E-state index contributed by atoms with van der Waals surface area (Å²) in [5.74, 6) is 0.161. The normalized spacial score (nSPS) is 12.1. The van der Waals surface area contributed by atoms with Gasteiger partial charge in [0.15, 0.2) is 0 Å². The molecule has 0 aliphatic heterocycles. The van der Waals surface area contributed by atoms with Crippen molar-refractivity contribution >= 4 is 50.7 Å². The van der Waals surface area contributed by atoms with Crippen LogP contribution in [0, 0.1) is 0 Å². The molecule has 0 fully saturated rings. The van der Waals surface area contributed by atoms with Gasteiger partial charge >= 0.3 is 0 Å². The third-order valence-electron chi connectivity index (χ3n) is 5.86. The molecule has 0 bridgehead atoms. The van der Waals surface area contributed by atoms with Crippen LogP contribution < -0.4 is 14.4 Å². The molecule has 1 atom stereocenters. The summed E-state index contributed by atoms with van der Waals surface area (Å²) >= 11 is 12.2. The average Bonchev–Trinajstić information content (AvgIpc) is 2.87. The zero-order chi connectivity index (χ0) is 28.3. The Kier molecular flexibility index (Phi) is 12.7. The lowest BCUT2D eigenvalue weighted by Gasteiger charge is -2.31. The van der Waals surface area contributed by atoms with Crippen molar-refractivity contribution in [3.8, 4) is 5.75 Å². The monoisotopic (exact) mass is 585 g/mol. The summed E-state index contributed by atoms with van der Waals surface area (Å²) in [7, 11) is -3.59. The Balaban J connectivity index is 2.21. The number of carbonyl (C=O) groups excluding carboxylic acids is 2. The highest BCUT2D eigenvalue weighted by Crippen LogP contribution is 2.25. The fraction of sp³-hybridized carbons (Fsp3) is 0.481. The molecule has 0 aliphatic rings. The molecule has 0 saturated carbocycles. The summed E-state index contributed by atoms with van der Waals surface area (Å²) in [6, 6.07) is 11.2. The number of sulfonamides is 1. The van der Waals surface area contributed by atoms with Crippen LogP contribution in [0.1, 0.15) is 52.0 Å². The first-order valence-corrected chi connectivity index (χ1v) is 15.3. The Morgan fingerprint density at radius 3 is 2.26 bits per heavy atom. The first kappa shape index (κ1) is 31.7. The molecule has 1 N–H and O–H groups in total. The van der Waals surface area contributed by atoms with Crippen LogP contribution in [0.3, 0.4) is 0 Å². The Labute approximate surface area is 236 Å². The quantitative estimate of drug-likeness (QED) is 0.307. The number of rotatable bonds is 15. The zero-order valence-corrected chi connectivity index (χ0v) is 24.7. The Morgan fingerprint density at radius 2 is 1.71 bits per heavy atom. The molecule has 0 heterocycles. The van der Waals surface area contributed by atoms with Crippen molar-refractivity contribution in [1.29, 1.82) is 0 Å². The molecule has 2 aromatic rings. The van der Waals surface area contributed by atoms with Crippen LogP contribution in [0.25, 0.3) is 0 Å². The summed E-state index contributed by atoms with van der Waals surface area (Å²) in [6.45, 7) is 6.97. The number of benzene rings is 2. The minimum Gasteiger partial charge on any atom is -0.494 e. The summed E-state index contributed by atoms with van der Waals surface area (Å²) in [5, 5.41) is 3.64. The van der Waals surface area contributed by atoms with Crippen LogP contribution >= 0.6 is 23.2 Å². The number of hydrogen-bond acceptors (Lipinski definition) is 5. The molecule has 2 amide bonds. The molecule has 0 radical (unpaired) electrons. The number of nitrogens with one attached hydrogen (secondary N) is 1. The molecule has 11 heteroatoms. The van der Waals surface area contributed by atoms with Gasteiger partial charge in [0.1, 0.15) is 11.8 Å². The minimum absolute atomic E-state index is 0.0575. The third-order valence-corrected chi connectivity index (χ3v) is 7.79. The summed E-state index contributed by atoms with van der Waals surface area (Å²) in [6.07, 6.45) is 2.65. The smallest absolute Gasteiger partial charge is 0.242 e. The van der Waals surface area contributed by atoms with Crippen LogP contribution in [0.2, 0.25) is 10.0 Å². The second-order valence-electron chi connectivity index (χ2n) is 8.85. The van der Waals surface area contributed by atoms with Gasteiger partial charge in [-0.25, -0.2) is 8.42 Å². The zero-order valence-electron chi connectivity index (χ0n) is 22.4. The Morgan fingerprint density at radius 1 is 1.03 bits per heavy atom. The molecular weight excluding hydrogens is 549 g/mol. The van der Waals surface area contributed by atoms with Crippen molar-refractivity contribution in [3.05, 3.63) is 58.1 Å². The summed E-state index contributed by atoms with van der Waals surface area (Å²) < 4.78 is 31.7. The SMILES string of the molecule is CCCNC(=O)C(CC)N(Cc1ccc(Cl)c(Cl)c1)C(=O)CCCN(c1ccc(OCC)cc1)S(C)(=O)=O. The Hall–Kier alpha value is -2.49. The molecular formula is C27H37Cl2N3O5S. The van der Waals surface area contributed by atoms with Crippen molar-refractivity contribution < 1.29 is 22.7 Å². The van der Waals surface area contributed by atoms with E-state index in [4.69, 9.17) is 27.9 Å². The van der Waals surface area contributed by atoms with E-state index in [1.54, 1.807) is 42.5 Å². The number of carbonyl (C=O) groups is 2. The molecule has 0 saturated heterocycles. The van der Waals surface area contributed by atoms with Crippen LogP contribution in [0.15, 0.2) is 42.5 Å². The maximum atomic E-state index is 13.5. The minimum atomic E-state index is -3.59. The highest BCUT2D eigenvalue weighted by molar-refractivity contribution is 7.92. The standard InChI is InChI=1S/C27H37Cl2N3O5S/c1-5-16-30-27(34)25(6-2)31(19-20-10-15-23(28)24(29)18-20)26(33)9-8-17-32(38(4,35)36)21-11-13-22(14-12-21)37-7-3/h10-15,18,25H,5-9,16-17,19H2,1-4H3,(H,30,34).